The highest BCUT2D eigenvalue weighted by atomic mass is 19.1. The highest BCUT2D eigenvalue weighted by Gasteiger charge is 2.52. The molecule has 160 valence electrons. The number of carbonyl (C=O) groups is 2. The number of aromatic nitrogens is 2. The predicted octanol–water partition coefficient (Wildman–Crippen LogP) is 4.15. The highest BCUT2D eigenvalue weighted by molar-refractivity contribution is 6.07. The van der Waals surface area contributed by atoms with Crippen molar-refractivity contribution in [1.29, 1.82) is 0 Å². The normalized spacial score (nSPS) is 18.5. The van der Waals surface area contributed by atoms with E-state index in [1.807, 2.05) is 6.92 Å². The van der Waals surface area contributed by atoms with Gasteiger partial charge in [0.15, 0.2) is 0 Å². The van der Waals surface area contributed by atoms with Gasteiger partial charge in [-0.1, -0.05) is 37.1 Å². The molecule has 1 aromatic heterocycles. The molecule has 7 nitrogen and oxygen atoms in total. The van der Waals surface area contributed by atoms with Crippen LogP contribution in [-0.2, 0) is 16.9 Å². The van der Waals surface area contributed by atoms with Crippen molar-refractivity contribution < 1.29 is 22.9 Å². The molecule has 9 heteroatoms. The van der Waals surface area contributed by atoms with Crippen LogP contribution in [-0.4, -0.2) is 27.0 Å². The van der Waals surface area contributed by atoms with E-state index in [0.717, 1.165) is 11.3 Å². The number of benzene rings is 2. The standard InChI is InChI=1S/C22H20F2N4O3/c1-2-3-12-22(15-6-10-17(24)11-7-15)20(29)28(21(30)26-22)13-18-25-19(27-31-18)14-4-8-16(23)9-5-14/h4-11H,2-3,12-13H2,1H3,(H,26,30). The largest absolute Gasteiger partial charge is 0.337 e. The fraction of sp³-hybridized carbons (Fsp3) is 0.273. The molecule has 1 unspecified atom stereocenters. The van der Waals surface area contributed by atoms with Gasteiger partial charge in [0.05, 0.1) is 0 Å². The van der Waals surface area contributed by atoms with Crippen LogP contribution in [0.3, 0.4) is 0 Å². The lowest BCUT2D eigenvalue weighted by Gasteiger charge is -2.27. The minimum Gasteiger partial charge on any atom is -0.337 e. The SMILES string of the molecule is CCCCC1(c2ccc(F)cc2)NC(=O)N(Cc2nc(-c3ccc(F)cc3)no2)C1=O. The lowest BCUT2D eigenvalue weighted by Crippen LogP contribution is -2.44. The van der Waals surface area contributed by atoms with Gasteiger partial charge in [-0.15, -0.1) is 0 Å². The van der Waals surface area contributed by atoms with Gasteiger partial charge in [-0.05, 0) is 48.4 Å². The first-order valence-corrected chi connectivity index (χ1v) is 9.91. The maximum absolute atomic E-state index is 13.4. The van der Waals surface area contributed by atoms with Crippen molar-refractivity contribution in [1.82, 2.24) is 20.4 Å². The van der Waals surface area contributed by atoms with E-state index in [-0.39, 0.29) is 18.3 Å². The van der Waals surface area contributed by atoms with Gasteiger partial charge in [-0.25, -0.2) is 13.6 Å². The third-order valence-corrected chi connectivity index (χ3v) is 5.28. The highest BCUT2D eigenvalue weighted by Crippen LogP contribution is 2.35. The minimum atomic E-state index is -1.28. The number of hydrogen-bond donors (Lipinski definition) is 1. The molecular formula is C22H20F2N4O3. The van der Waals surface area contributed by atoms with E-state index >= 15 is 0 Å². The zero-order valence-corrected chi connectivity index (χ0v) is 16.8. The van der Waals surface area contributed by atoms with E-state index in [9.17, 15) is 18.4 Å². The van der Waals surface area contributed by atoms with Crippen LogP contribution in [0.5, 0.6) is 0 Å². The third-order valence-electron chi connectivity index (χ3n) is 5.28. The Labute approximate surface area is 177 Å². The molecule has 3 aromatic rings. The van der Waals surface area contributed by atoms with Gasteiger partial charge in [0.2, 0.25) is 11.7 Å². The van der Waals surface area contributed by atoms with Crippen molar-refractivity contribution >= 4 is 11.9 Å². The summed E-state index contributed by atoms with van der Waals surface area (Å²) in [5.74, 6) is -0.997. The van der Waals surface area contributed by atoms with Crippen molar-refractivity contribution in [2.24, 2.45) is 0 Å². The van der Waals surface area contributed by atoms with Crippen LogP contribution in [0.2, 0.25) is 0 Å². The summed E-state index contributed by atoms with van der Waals surface area (Å²) in [7, 11) is 0. The Bertz CT molecular complexity index is 1100. The summed E-state index contributed by atoms with van der Waals surface area (Å²) in [6, 6.07) is 10.5. The molecule has 1 fully saturated rings. The van der Waals surface area contributed by atoms with Gasteiger partial charge in [0.1, 0.15) is 23.7 Å². The Morgan fingerprint density at radius 2 is 1.68 bits per heavy atom. The third kappa shape index (κ3) is 3.90. The molecule has 2 aromatic carbocycles. The molecular weight excluding hydrogens is 406 g/mol. The number of amides is 3. The van der Waals surface area contributed by atoms with Crippen molar-refractivity contribution in [2.45, 2.75) is 38.3 Å². The number of hydrogen-bond acceptors (Lipinski definition) is 5. The van der Waals surface area contributed by atoms with Crippen LogP contribution in [0, 0.1) is 11.6 Å². The maximum Gasteiger partial charge on any atom is 0.325 e. The van der Waals surface area contributed by atoms with E-state index in [1.165, 1.54) is 48.5 Å². The van der Waals surface area contributed by atoms with Crippen LogP contribution in [0.25, 0.3) is 11.4 Å². The molecule has 31 heavy (non-hydrogen) atoms. The number of unbranched alkanes of at least 4 members (excludes halogenated alkanes) is 1. The molecule has 0 radical (unpaired) electrons. The molecule has 1 atom stereocenters. The summed E-state index contributed by atoms with van der Waals surface area (Å²) < 4.78 is 31.7. The quantitative estimate of drug-likeness (QED) is 0.574. The number of imide groups is 1. The minimum absolute atomic E-state index is 0.0632. The van der Waals surface area contributed by atoms with Gasteiger partial charge < -0.3 is 9.84 Å². The summed E-state index contributed by atoms with van der Waals surface area (Å²) >= 11 is 0. The van der Waals surface area contributed by atoms with E-state index < -0.39 is 29.1 Å². The number of nitrogens with zero attached hydrogens (tertiary/aromatic N) is 3. The van der Waals surface area contributed by atoms with Crippen LogP contribution in [0.4, 0.5) is 13.6 Å². The molecule has 2 heterocycles. The van der Waals surface area contributed by atoms with Gasteiger partial charge in [-0.2, -0.15) is 4.98 Å². The summed E-state index contributed by atoms with van der Waals surface area (Å²) in [6.45, 7) is 1.76. The molecule has 1 aliphatic rings. The van der Waals surface area contributed by atoms with Crippen molar-refractivity contribution in [3.8, 4) is 11.4 Å². The number of urea groups is 1. The summed E-state index contributed by atoms with van der Waals surface area (Å²) in [5.41, 5.74) is -0.224. The zero-order chi connectivity index (χ0) is 22.0. The Morgan fingerprint density at radius 1 is 1.03 bits per heavy atom. The molecule has 1 aliphatic heterocycles. The molecule has 0 aliphatic carbocycles. The Balaban J connectivity index is 1.59. The summed E-state index contributed by atoms with van der Waals surface area (Å²) in [5, 5.41) is 6.63. The Hall–Kier alpha value is -3.62. The summed E-state index contributed by atoms with van der Waals surface area (Å²) in [4.78, 5) is 31.3. The fourth-order valence-corrected chi connectivity index (χ4v) is 3.63. The zero-order valence-electron chi connectivity index (χ0n) is 16.8. The smallest absolute Gasteiger partial charge is 0.325 e. The fourth-order valence-electron chi connectivity index (χ4n) is 3.63. The van der Waals surface area contributed by atoms with E-state index in [1.54, 1.807) is 0 Å². The lowest BCUT2D eigenvalue weighted by molar-refractivity contribution is -0.132. The number of carbonyl (C=O) groups excluding carboxylic acids is 2. The first kappa shape index (κ1) is 20.6. The average Bonchev–Trinajstić information content (AvgIpc) is 3.32. The predicted molar refractivity (Wildman–Crippen MR) is 106 cm³/mol. The molecule has 0 bridgehead atoms. The summed E-state index contributed by atoms with van der Waals surface area (Å²) in [6.07, 6.45) is 1.88. The van der Waals surface area contributed by atoms with Gasteiger partial charge >= 0.3 is 6.03 Å². The van der Waals surface area contributed by atoms with Crippen LogP contribution >= 0.6 is 0 Å². The second-order valence-electron chi connectivity index (χ2n) is 7.36. The van der Waals surface area contributed by atoms with Crippen LogP contribution in [0.1, 0.15) is 37.6 Å². The van der Waals surface area contributed by atoms with Crippen molar-refractivity contribution in [3.63, 3.8) is 0 Å². The van der Waals surface area contributed by atoms with Crippen LogP contribution in [0.15, 0.2) is 53.1 Å². The second-order valence-corrected chi connectivity index (χ2v) is 7.36. The average molecular weight is 426 g/mol. The van der Waals surface area contributed by atoms with Crippen molar-refractivity contribution in [3.05, 3.63) is 71.6 Å². The first-order valence-electron chi connectivity index (χ1n) is 9.91. The first-order chi connectivity index (χ1) is 14.9. The van der Waals surface area contributed by atoms with Crippen LogP contribution < -0.4 is 5.32 Å². The van der Waals surface area contributed by atoms with Gasteiger partial charge in [-0.3, -0.25) is 9.69 Å². The number of nitrogens with one attached hydrogen (secondary N) is 1. The van der Waals surface area contributed by atoms with E-state index in [0.29, 0.717) is 24.0 Å². The molecule has 1 saturated heterocycles. The Kier molecular flexibility index (Phi) is 5.50. The molecule has 0 spiro atoms. The molecule has 4 rings (SSSR count). The van der Waals surface area contributed by atoms with Gasteiger partial charge in [0.25, 0.3) is 5.91 Å². The molecule has 1 N–H and O–H groups in total. The Morgan fingerprint density at radius 3 is 2.32 bits per heavy atom. The topological polar surface area (TPSA) is 88.3 Å². The molecule has 0 saturated carbocycles. The number of rotatable bonds is 7. The second kappa shape index (κ2) is 8.25. The molecule has 3 amide bonds. The van der Waals surface area contributed by atoms with E-state index in [4.69, 9.17) is 4.52 Å². The van der Waals surface area contributed by atoms with E-state index in [2.05, 4.69) is 15.5 Å². The monoisotopic (exact) mass is 426 g/mol. The maximum atomic E-state index is 13.4. The van der Waals surface area contributed by atoms with Crippen molar-refractivity contribution in [2.75, 3.05) is 0 Å². The number of halogens is 2. The van der Waals surface area contributed by atoms with Gasteiger partial charge in [0, 0.05) is 5.56 Å². The lowest BCUT2D eigenvalue weighted by atomic mass is 9.85.